The van der Waals surface area contributed by atoms with E-state index in [0.29, 0.717) is 6.20 Å². The zero-order valence-electron chi connectivity index (χ0n) is 8.29. The first-order chi connectivity index (χ1) is 7.95. The van der Waals surface area contributed by atoms with Crippen molar-refractivity contribution >= 4 is 17.9 Å². The van der Waals surface area contributed by atoms with Crippen molar-refractivity contribution in [1.29, 1.82) is 5.26 Å². The Hall–Kier alpha value is -1.81. The number of nitrogens with one attached hydrogen (secondary N) is 1. The number of hydrogen-bond acceptors (Lipinski definition) is 3. The van der Waals surface area contributed by atoms with Crippen molar-refractivity contribution in [3.05, 3.63) is 28.5 Å². The number of alkyl halides is 3. The highest BCUT2D eigenvalue weighted by Crippen LogP contribution is 2.31. The van der Waals surface area contributed by atoms with Crippen LogP contribution in [0.5, 0.6) is 0 Å². The first-order valence-electron chi connectivity index (χ1n) is 4.29. The molecule has 0 radical (unpaired) electrons. The molecule has 4 nitrogen and oxygen atoms in total. The summed E-state index contributed by atoms with van der Waals surface area (Å²) in [5, 5.41) is 10.1. The van der Waals surface area contributed by atoms with E-state index in [9.17, 15) is 13.2 Å². The molecule has 17 heavy (non-hydrogen) atoms. The number of hydrogen-bond donors (Lipinski definition) is 1. The molecule has 0 aliphatic heterocycles. The molecule has 0 amide bonds. The predicted molar refractivity (Wildman–Crippen MR) is 55.2 cm³/mol. The normalized spacial score (nSPS) is 11.5. The number of aromatic nitrogens is 1. The van der Waals surface area contributed by atoms with Crippen molar-refractivity contribution in [2.45, 2.75) is 12.7 Å². The minimum absolute atomic E-state index is 0.00828. The summed E-state index contributed by atoms with van der Waals surface area (Å²) in [5.41, 5.74) is -0.707. The minimum atomic E-state index is -4.47. The van der Waals surface area contributed by atoms with Gasteiger partial charge in [0.05, 0.1) is 29.2 Å². The summed E-state index contributed by atoms with van der Waals surface area (Å²) in [4.78, 5) is 7.26. The number of nitrogens with zero attached hydrogens (tertiary/aromatic N) is 3. The van der Waals surface area contributed by atoms with Gasteiger partial charge >= 0.3 is 6.18 Å². The number of pyridine rings is 1. The first-order valence-corrected chi connectivity index (χ1v) is 4.67. The van der Waals surface area contributed by atoms with Crippen LogP contribution in [0.1, 0.15) is 11.3 Å². The van der Waals surface area contributed by atoms with Gasteiger partial charge in [-0.3, -0.25) is 15.3 Å². The van der Waals surface area contributed by atoms with E-state index < -0.39 is 11.7 Å². The summed E-state index contributed by atoms with van der Waals surface area (Å²) < 4.78 is 36.8. The van der Waals surface area contributed by atoms with Crippen LogP contribution in [0.2, 0.25) is 5.02 Å². The van der Waals surface area contributed by atoms with Crippen molar-refractivity contribution < 1.29 is 13.2 Å². The maximum atomic E-state index is 12.3. The zero-order valence-corrected chi connectivity index (χ0v) is 9.05. The average Bonchev–Trinajstić information content (AvgIpc) is 2.24. The minimum Gasteiger partial charge on any atom is -0.283 e. The summed E-state index contributed by atoms with van der Waals surface area (Å²) in [6, 6.07) is 0.789. The van der Waals surface area contributed by atoms with Gasteiger partial charge in [-0.25, -0.2) is 0 Å². The SMILES string of the molecule is N#CN/C=N/Cc1ncc(C(F)(F)F)cc1Cl. The number of nitriles is 1. The quantitative estimate of drug-likeness (QED) is 0.394. The second-order valence-corrected chi connectivity index (χ2v) is 3.28. The molecule has 90 valence electrons. The molecule has 0 aromatic carbocycles. The van der Waals surface area contributed by atoms with Gasteiger partial charge in [0.15, 0.2) is 6.19 Å². The fraction of sp³-hybridized carbons (Fsp3) is 0.222. The summed E-state index contributed by atoms with van der Waals surface area (Å²) in [6.07, 6.45) is -1.08. The lowest BCUT2D eigenvalue weighted by atomic mass is 10.2. The summed E-state index contributed by atoms with van der Waals surface area (Å²) >= 11 is 5.63. The maximum absolute atomic E-state index is 12.3. The van der Waals surface area contributed by atoms with E-state index in [-0.39, 0.29) is 17.3 Å². The van der Waals surface area contributed by atoms with Crippen LogP contribution in [-0.4, -0.2) is 11.3 Å². The van der Waals surface area contributed by atoms with Gasteiger partial charge in [-0.1, -0.05) is 11.6 Å². The molecule has 0 atom stereocenters. The van der Waals surface area contributed by atoms with Crippen molar-refractivity contribution in [3.8, 4) is 6.19 Å². The fourth-order valence-corrected chi connectivity index (χ4v) is 1.17. The molecule has 0 aliphatic rings. The van der Waals surface area contributed by atoms with Crippen LogP contribution in [0.25, 0.3) is 0 Å². The number of halogens is 4. The van der Waals surface area contributed by atoms with Gasteiger partial charge in [-0.15, -0.1) is 0 Å². The van der Waals surface area contributed by atoms with Crippen molar-refractivity contribution in [3.63, 3.8) is 0 Å². The van der Waals surface area contributed by atoms with Crippen LogP contribution in [-0.2, 0) is 12.7 Å². The van der Waals surface area contributed by atoms with Gasteiger partial charge in [-0.2, -0.15) is 18.4 Å². The first kappa shape index (κ1) is 13.3. The zero-order chi connectivity index (χ0) is 12.9. The van der Waals surface area contributed by atoms with Gasteiger partial charge in [0, 0.05) is 6.20 Å². The number of aliphatic imine (C=N–C) groups is 1. The topological polar surface area (TPSA) is 61.1 Å². The van der Waals surface area contributed by atoms with Gasteiger partial charge in [-0.05, 0) is 6.07 Å². The third kappa shape index (κ3) is 3.92. The van der Waals surface area contributed by atoms with E-state index >= 15 is 0 Å². The van der Waals surface area contributed by atoms with Gasteiger partial charge in [0.1, 0.15) is 0 Å². The molecule has 1 aromatic rings. The molecule has 0 aliphatic carbocycles. The molecule has 0 saturated heterocycles. The highest BCUT2D eigenvalue weighted by atomic mass is 35.5. The Morgan fingerprint density at radius 3 is 2.82 bits per heavy atom. The van der Waals surface area contributed by atoms with Crippen molar-refractivity contribution in [2.75, 3.05) is 0 Å². The molecule has 0 saturated carbocycles. The van der Waals surface area contributed by atoms with E-state index in [1.807, 2.05) is 0 Å². The predicted octanol–water partition coefficient (Wildman–Crippen LogP) is 2.35. The summed E-state index contributed by atoms with van der Waals surface area (Å²) in [5.74, 6) is 0. The highest BCUT2D eigenvalue weighted by Gasteiger charge is 2.31. The van der Waals surface area contributed by atoms with Crippen molar-refractivity contribution in [2.24, 2.45) is 4.99 Å². The van der Waals surface area contributed by atoms with Crippen LogP contribution >= 0.6 is 11.6 Å². The Morgan fingerprint density at radius 2 is 2.29 bits per heavy atom. The van der Waals surface area contributed by atoms with E-state index in [1.54, 1.807) is 6.19 Å². The van der Waals surface area contributed by atoms with Crippen LogP contribution in [0.3, 0.4) is 0 Å². The van der Waals surface area contributed by atoms with Gasteiger partial charge < -0.3 is 0 Å². The number of rotatable bonds is 3. The molecule has 0 unspecified atom stereocenters. The maximum Gasteiger partial charge on any atom is 0.417 e. The molecule has 1 aromatic heterocycles. The Labute approximate surface area is 99.7 Å². The van der Waals surface area contributed by atoms with E-state index in [0.717, 1.165) is 12.4 Å². The van der Waals surface area contributed by atoms with Crippen molar-refractivity contribution in [1.82, 2.24) is 10.3 Å². The lowest BCUT2D eigenvalue weighted by molar-refractivity contribution is -0.137. The molecule has 1 N–H and O–H groups in total. The van der Waals surface area contributed by atoms with E-state index in [2.05, 4.69) is 15.3 Å². The second-order valence-electron chi connectivity index (χ2n) is 2.88. The molecule has 1 heterocycles. The molecule has 0 bridgehead atoms. The largest absolute Gasteiger partial charge is 0.417 e. The van der Waals surface area contributed by atoms with Gasteiger partial charge in [0.25, 0.3) is 0 Å². The molecular weight excluding hydrogens is 257 g/mol. The van der Waals surface area contributed by atoms with E-state index in [1.165, 1.54) is 0 Å². The molecule has 1 rings (SSSR count). The molecule has 0 fully saturated rings. The Balaban J connectivity index is 2.81. The third-order valence-corrected chi connectivity index (χ3v) is 2.03. The summed E-state index contributed by atoms with van der Waals surface area (Å²) in [6.45, 7) is -0.00828. The molecule has 0 spiro atoms. The average molecular weight is 263 g/mol. The Morgan fingerprint density at radius 1 is 1.59 bits per heavy atom. The Bertz CT molecular complexity index is 464. The second kappa shape index (κ2) is 5.50. The molecular formula is C9H6ClF3N4. The smallest absolute Gasteiger partial charge is 0.283 e. The highest BCUT2D eigenvalue weighted by molar-refractivity contribution is 6.31. The standard InChI is InChI=1S/C9H6ClF3N4/c10-7-1-6(9(11,12)13)2-17-8(7)3-15-5-16-4-14/h1-2,5H,3H2,(H,15,16). The summed E-state index contributed by atoms with van der Waals surface area (Å²) in [7, 11) is 0. The molecule has 8 heteroatoms. The lowest BCUT2D eigenvalue weighted by Crippen LogP contribution is -2.07. The van der Waals surface area contributed by atoms with Crippen LogP contribution in [0, 0.1) is 11.5 Å². The monoisotopic (exact) mass is 262 g/mol. The van der Waals surface area contributed by atoms with E-state index in [4.69, 9.17) is 16.9 Å². The van der Waals surface area contributed by atoms with Crippen LogP contribution in [0.4, 0.5) is 13.2 Å². The van der Waals surface area contributed by atoms with Gasteiger partial charge in [0.2, 0.25) is 0 Å². The van der Waals surface area contributed by atoms with Crippen LogP contribution in [0.15, 0.2) is 17.3 Å². The fourth-order valence-electron chi connectivity index (χ4n) is 0.944. The third-order valence-electron chi connectivity index (χ3n) is 1.71. The Kier molecular flexibility index (Phi) is 4.29. The van der Waals surface area contributed by atoms with Crippen LogP contribution < -0.4 is 5.32 Å². The lowest BCUT2D eigenvalue weighted by Gasteiger charge is -2.07.